The predicted molar refractivity (Wildman–Crippen MR) is 126 cm³/mol. The molecule has 3 aliphatic carbocycles. The molecule has 4 aromatic carbocycles. The Kier molecular flexibility index (Phi) is 2.46. The van der Waals surface area contributed by atoms with Gasteiger partial charge in [0.1, 0.15) is 0 Å². The summed E-state index contributed by atoms with van der Waals surface area (Å²) in [5.41, 5.74) is 9.43. The first-order valence-corrected chi connectivity index (χ1v) is 11.4. The SMILES string of the molecule is Ic1cc2c3c4c(cc(I)c5c4c4c(c(I)cc6c4c3c1C6)C5)C2. The molecule has 0 aliphatic heterocycles. The van der Waals surface area contributed by atoms with Crippen LogP contribution >= 0.6 is 67.8 Å². The van der Waals surface area contributed by atoms with Crippen LogP contribution in [-0.2, 0) is 19.3 Å². The van der Waals surface area contributed by atoms with Gasteiger partial charge in [0.15, 0.2) is 0 Å². The van der Waals surface area contributed by atoms with Gasteiger partial charge in [-0.25, -0.2) is 0 Å². The number of benzene rings is 4. The Morgan fingerprint density at radius 1 is 0.458 bits per heavy atom. The van der Waals surface area contributed by atoms with E-state index in [0.717, 1.165) is 19.3 Å². The molecule has 0 saturated carbocycles. The van der Waals surface area contributed by atoms with Gasteiger partial charge >= 0.3 is 0 Å². The number of hydrogen-bond acceptors (Lipinski definition) is 0. The quantitative estimate of drug-likeness (QED) is 0.128. The largest absolute Gasteiger partial charge is 0.0443 e. The molecule has 0 amide bonds. The summed E-state index contributed by atoms with van der Waals surface area (Å²) in [6.45, 7) is 0. The fourth-order valence-corrected chi connectivity index (χ4v) is 7.93. The summed E-state index contributed by atoms with van der Waals surface area (Å²) in [5, 5.41) is 9.57. The molecule has 0 fully saturated rings. The van der Waals surface area contributed by atoms with Crippen LogP contribution < -0.4 is 0 Å². The highest BCUT2D eigenvalue weighted by Gasteiger charge is 2.34. The Morgan fingerprint density at radius 2 is 0.833 bits per heavy atom. The summed E-state index contributed by atoms with van der Waals surface area (Å²) < 4.78 is 4.39. The van der Waals surface area contributed by atoms with E-state index >= 15 is 0 Å². The van der Waals surface area contributed by atoms with Gasteiger partial charge in [-0.1, -0.05) is 0 Å². The first kappa shape index (κ1) is 14.0. The summed E-state index contributed by atoms with van der Waals surface area (Å²) in [4.78, 5) is 0. The standard InChI is InChI=1S/C21H9I3/c22-13-3-7-1-8-4-14(23)11-6-12-15(24)5-9-2-10(13)19-16(7)17(8)20(11)21(12)18(9)19/h3-5H,1-2,6H2. The average Bonchev–Trinajstić information content (AvgIpc) is 3.18. The van der Waals surface area contributed by atoms with E-state index in [0.29, 0.717) is 0 Å². The molecule has 7 rings (SSSR count). The highest BCUT2D eigenvalue weighted by Crippen LogP contribution is 2.55. The lowest BCUT2D eigenvalue weighted by Gasteiger charge is -2.11. The molecule has 3 aliphatic rings. The van der Waals surface area contributed by atoms with Gasteiger partial charge in [-0.3, -0.25) is 0 Å². The monoisotopic (exact) mass is 642 g/mol. The molecule has 0 aromatic heterocycles. The maximum Gasteiger partial charge on any atom is 0.0175 e. The molecule has 0 bridgehead atoms. The van der Waals surface area contributed by atoms with E-state index in [-0.39, 0.29) is 0 Å². The second-order valence-corrected chi connectivity index (χ2v) is 10.8. The van der Waals surface area contributed by atoms with E-state index in [1.54, 1.807) is 65.7 Å². The third kappa shape index (κ3) is 1.35. The van der Waals surface area contributed by atoms with Gasteiger partial charge < -0.3 is 0 Å². The molecule has 0 atom stereocenters. The zero-order valence-corrected chi connectivity index (χ0v) is 19.0. The van der Waals surface area contributed by atoms with Crippen LogP contribution in [0.25, 0.3) is 32.3 Å². The number of hydrogen-bond donors (Lipinski definition) is 0. The van der Waals surface area contributed by atoms with Crippen LogP contribution in [0.1, 0.15) is 33.4 Å². The van der Waals surface area contributed by atoms with Gasteiger partial charge in [-0.2, -0.15) is 0 Å². The van der Waals surface area contributed by atoms with Gasteiger partial charge in [0.05, 0.1) is 0 Å². The molecule has 114 valence electrons. The van der Waals surface area contributed by atoms with Crippen LogP contribution in [-0.4, -0.2) is 0 Å². The molecule has 0 radical (unpaired) electrons. The Hall–Kier alpha value is -0.150. The lowest BCUT2D eigenvalue weighted by molar-refractivity contribution is 1.21. The van der Waals surface area contributed by atoms with Crippen LogP contribution in [0.4, 0.5) is 0 Å². The maximum absolute atomic E-state index is 2.57. The fraction of sp³-hybridized carbons (Fsp3) is 0.143. The van der Waals surface area contributed by atoms with E-state index in [9.17, 15) is 0 Å². The highest BCUT2D eigenvalue weighted by molar-refractivity contribution is 14.1. The van der Waals surface area contributed by atoms with Crippen molar-refractivity contribution >= 4 is 100 Å². The Balaban J connectivity index is 1.98. The molecule has 24 heavy (non-hydrogen) atoms. The molecule has 0 spiro atoms. The Bertz CT molecular complexity index is 1350. The van der Waals surface area contributed by atoms with Gasteiger partial charge in [-0.15, -0.1) is 0 Å². The summed E-state index contributed by atoms with van der Waals surface area (Å²) in [5.74, 6) is 0. The van der Waals surface area contributed by atoms with Crippen LogP contribution in [0.5, 0.6) is 0 Å². The van der Waals surface area contributed by atoms with Crippen molar-refractivity contribution in [3.05, 3.63) is 62.3 Å². The smallest absolute Gasteiger partial charge is 0.0175 e. The molecule has 0 N–H and O–H groups in total. The van der Waals surface area contributed by atoms with E-state index < -0.39 is 0 Å². The van der Waals surface area contributed by atoms with Crippen molar-refractivity contribution < 1.29 is 0 Å². The predicted octanol–water partition coefficient (Wildman–Crippen LogP) is 6.67. The summed E-state index contributed by atoms with van der Waals surface area (Å²) in [7, 11) is 0. The molecular formula is C21H9I3. The second kappa shape index (κ2) is 4.22. The molecule has 0 saturated heterocycles. The molecule has 3 heteroatoms. The van der Waals surface area contributed by atoms with Crippen LogP contribution in [0, 0.1) is 10.7 Å². The number of halogens is 3. The van der Waals surface area contributed by atoms with E-state index in [4.69, 9.17) is 0 Å². The third-order valence-electron chi connectivity index (χ3n) is 6.24. The van der Waals surface area contributed by atoms with Gasteiger partial charge in [-0.05, 0) is 165 Å². The fourth-order valence-electron chi connectivity index (χ4n) is 5.42. The third-order valence-corrected chi connectivity index (χ3v) is 9.13. The van der Waals surface area contributed by atoms with Crippen LogP contribution in [0.2, 0.25) is 0 Å². The molecule has 0 nitrogen and oxygen atoms in total. The average molecular weight is 642 g/mol. The van der Waals surface area contributed by atoms with Gasteiger partial charge in [0.25, 0.3) is 0 Å². The minimum Gasteiger partial charge on any atom is -0.0443 e. The Morgan fingerprint density at radius 3 is 1.38 bits per heavy atom. The van der Waals surface area contributed by atoms with Crippen molar-refractivity contribution in [3.63, 3.8) is 0 Å². The number of rotatable bonds is 0. The minimum absolute atomic E-state index is 1.12. The van der Waals surface area contributed by atoms with E-state index in [1.807, 2.05) is 0 Å². The summed E-state index contributed by atoms with van der Waals surface area (Å²) in [6.07, 6.45) is 3.36. The van der Waals surface area contributed by atoms with Gasteiger partial charge in [0.2, 0.25) is 0 Å². The summed E-state index contributed by atoms with van der Waals surface area (Å²) >= 11 is 7.71. The van der Waals surface area contributed by atoms with E-state index in [2.05, 4.69) is 86.0 Å². The highest BCUT2D eigenvalue weighted by atomic mass is 127. The van der Waals surface area contributed by atoms with Crippen molar-refractivity contribution in [1.29, 1.82) is 0 Å². The zero-order chi connectivity index (χ0) is 15.9. The van der Waals surface area contributed by atoms with Crippen molar-refractivity contribution in [1.82, 2.24) is 0 Å². The summed E-state index contributed by atoms with van der Waals surface area (Å²) in [6, 6.07) is 7.40. The van der Waals surface area contributed by atoms with Crippen molar-refractivity contribution in [2.24, 2.45) is 0 Å². The lowest BCUT2D eigenvalue weighted by atomic mass is 9.94. The minimum atomic E-state index is 1.12. The van der Waals surface area contributed by atoms with Crippen molar-refractivity contribution in [3.8, 4) is 0 Å². The first-order chi connectivity index (χ1) is 11.6. The second-order valence-electron chi connectivity index (χ2n) is 7.27. The molecule has 4 aromatic rings. The van der Waals surface area contributed by atoms with Crippen LogP contribution in [0.3, 0.4) is 0 Å². The van der Waals surface area contributed by atoms with E-state index in [1.165, 1.54) is 10.7 Å². The maximum atomic E-state index is 2.57. The Labute approximate surface area is 179 Å². The molecule has 0 unspecified atom stereocenters. The molecule has 0 heterocycles. The van der Waals surface area contributed by atoms with Crippen molar-refractivity contribution in [2.45, 2.75) is 19.3 Å². The topological polar surface area (TPSA) is 0 Å². The van der Waals surface area contributed by atoms with Crippen molar-refractivity contribution in [2.75, 3.05) is 0 Å². The van der Waals surface area contributed by atoms with Gasteiger partial charge in [0, 0.05) is 17.1 Å². The normalized spacial score (nSPS) is 15.6. The molecular weight excluding hydrogens is 633 g/mol. The van der Waals surface area contributed by atoms with Crippen LogP contribution in [0.15, 0.2) is 18.2 Å². The first-order valence-electron chi connectivity index (χ1n) is 8.17. The zero-order valence-electron chi connectivity index (χ0n) is 12.5. The lowest BCUT2D eigenvalue weighted by Crippen LogP contribution is -1.91.